The number of benzene rings is 1. The van der Waals surface area contributed by atoms with E-state index in [1.807, 2.05) is 0 Å². The standard InChI is InChI=1S/C11H15NO2/c1-8(12-2)5-9-3-4-10-11(6-9)14-7-13-10/h3-4,6,8,12H,5,7H2,1-2H3/i2D3,7D2/hD. The van der Waals surface area contributed by atoms with Gasteiger partial charge in [-0.2, -0.15) is 0 Å². The summed E-state index contributed by atoms with van der Waals surface area (Å²) in [6.07, 6.45) is 0.335. The van der Waals surface area contributed by atoms with Gasteiger partial charge in [0.1, 0.15) is 4.15 Å². The van der Waals surface area contributed by atoms with E-state index in [9.17, 15) is 0 Å². The van der Waals surface area contributed by atoms with Crippen LogP contribution in [0.5, 0.6) is 11.5 Å². The molecule has 0 radical (unpaired) electrons. The molecule has 1 unspecified atom stereocenters. The minimum Gasteiger partial charge on any atom is -0.454 e. The van der Waals surface area contributed by atoms with Crippen LogP contribution in [-0.2, 0) is 6.42 Å². The maximum Gasteiger partial charge on any atom is 0.231 e. The predicted octanol–water partition coefficient (Wildman–Crippen LogP) is 1.57. The molecule has 1 atom stereocenters. The molecule has 1 aliphatic heterocycles. The fourth-order valence-electron chi connectivity index (χ4n) is 1.34. The first kappa shape index (κ1) is 4.53. The number of ether oxygens (including phenoxy) is 2. The highest BCUT2D eigenvalue weighted by Crippen LogP contribution is 2.32. The highest BCUT2D eigenvalue weighted by Gasteiger charge is 2.13. The van der Waals surface area contributed by atoms with E-state index in [0.717, 1.165) is 5.56 Å². The minimum atomic E-state index is -2.47. The van der Waals surface area contributed by atoms with E-state index in [0.29, 0.717) is 17.5 Å². The summed E-state index contributed by atoms with van der Waals surface area (Å²) in [7, 11) is 0. The molecule has 1 N–H and O–H groups in total. The van der Waals surface area contributed by atoms with Gasteiger partial charge >= 0.3 is 0 Å². The van der Waals surface area contributed by atoms with Crippen molar-refractivity contribution in [1.82, 2.24) is 5.31 Å². The average molecular weight is 199 g/mol. The molecule has 0 saturated heterocycles. The maximum atomic E-state index is 7.55. The van der Waals surface area contributed by atoms with E-state index in [1.54, 1.807) is 25.1 Å². The normalized spacial score (nSPS) is 26.7. The molecule has 14 heavy (non-hydrogen) atoms. The summed E-state index contributed by atoms with van der Waals surface area (Å²) >= 11 is 0. The average Bonchev–Trinajstić information content (AvgIpc) is 2.59. The number of fused-ring (bicyclic) bond motifs is 1. The molecule has 1 aliphatic rings. The Morgan fingerprint density at radius 3 is 3.36 bits per heavy atom. The lowest BCUT2D eigenvalue weighted by molar-refractivity contribution is 0.174. The highest BCUT2D eigenvalue weighted by molar-refractivity contribution is 5.44. The predicted molar refractivity (Wildman–Crippen MR) is 54.8 cm³/mol. The van der Waals surface area contributed by atoms with Gasteiger partial charge in [-0.05, 0) is 38.0 Å². The van der Waals surface area contributed by atoms with Crippen molar-refractivity contribution in [1.29, 1.82) is 0 Å². The number of nitrogens with one attached hydrogen (secondary N) is 1. The van der Waals surface area contributed by atoms with E-state index < -0.39 is 19.8 Å². The van der Waals surface area contributed by atoms with Crippen molar-refractivity contribution in [3.63, 3.8) is 0 Å². The van der Waals surface area contributed by atoms with E-state index in [4.69, 9.17) is 17.7 Å². The van der Waals surface area contributed by atoms with Gasteiger partial charge in [-0.25, -0.2) is 0 Å². The van der Waals surface area contributed by atoms with Crippen LogP contribution in [0.3, 0.4) is 0 Å². The van der Waals surface area contributed by atoms with Crippen LogP contribution in [0.2, 0.25) is 1.41 Å². The molecule has 2 rings (SSSR count). The van der Waals surface area contributed by atoms with Crippen molar-refractivity contribution in [3.8, 4) is 11.5 Å². The summed E-state index contributed by atoms with van der Waals surface area (Å²) in [5, 5.41) is 0.580. The Hall–Kier alpha value is -1.22. The van der Waals surface area contributed by atoms with Gasteiger partial charge in [0, 0.05) is 10.2 Å². The number of rotatable bonds is 3. The van der Waals surface area contributed by atoms with Crippen LogP contribution < -0.4 is 14.8 Å². The lowest BCUT2D eigenvalue weighted by Gasteiger charge is -2.09. The quantitative estimate of drug-likeness (QED) is 0.801. The van der Waals surface area contributed by atoms with Crippen LogP contribution >= 0.6 is 0 Å². The summed E-state index contributed by atoms with van der Waals surface area (Å²) in [4.78, 5) is 0. The first-order valence-electron chi connectivity index (χ1n) is 7.32. The van der Waals surface area contributed by atoms with Crippen LogP contribution in [0, 0.1) is 0 Å². The van der Waals surface area contributed by atoms with Crippen molar-refractivity contribution in [2.24, 2.45) is 0 Å². The lowest BCUT2D eigenvalue weighted by atomic mass is 10.1. The van der Waals surface area contributed by atoms with Crippen LogP contribution in [0.4, 0.5) is 0 Å². The Morgan fingerprint density at radius 1 is 1.64 bits per heavy atom. The van der Waals surface area contributed by atoms with E-state index in [1.165, 1.54) is 0 Å². The van der Waals surface area contributed by atoms with Gasteiger partial charge in [-0.15, -0.1) is 0 Å². The molecule has 76 valence electrons. The van der Waals surface area contributed by atoms with Gasteiger partial charge < -0.3 is 14.8 Å². The molecule has 0 saturated carbocycles. The highest BCUT2D eigenvalue weighted by atomic mass is 16.7. The van der Waals surface area contributed by atoms with Gasteiger partial charge in [0.05, 0.1) is 0 Å². The smallest absolute Gasteiger partial charge is 0.231 e. The SMILES string of the molecule is [2H]N(C(C)Cc1ccc2c(c1)OC([2H])([2H])O2)C([2H])([2H])[2H]. The topological polar surface area (TPSA) is 30.5 Å². The van der Waals surface area contributed by atoms with Gasteiger partial charge in [0.25, 0.3) is 0 Å². The molecular weight excluding hydrogens is 178 g/mol. The molecule has 0 fully saturated rings. The zero-order valence-electron chi connectivity index (χ0n) is 13.8. The third-order valence-electron chi connectivity index (χ3n) is 2.06. The first-order chi connectivity index (χ1) is 9.08. The molecule has 3 nitrogen and oxygen atoms in total. The molecule has 0 spiro atoms. The number of hydrogen-bond donors (Lipinski definition) is 1. The van der Waals surface area contributed by atoms with Crippen molar-refractivity contribution in [3.05, 3.63) is 23.8 Å². The molecule has 1 aromatic rings. The molecule has 0 amide bonds. The van der Waals surface area contributed by atoms with E-state index in [-0.39, 0.29) is 5.75 Å². The van der Waals surface area contributed by atoms with Gasteiger partial charge in [0.15, 0.2) is 11.5 Å². The molecule has 0 aromatic heterocycles. The third kappa shape index (κ3) is 1.82. The Morgan fingerprint density at radius 2 is 2.50 bits per heavy atom. The Labute approximate surface area is 92.5 Å². The molecule has 1 heterocycles. The van der Waals surface area contributed by atoms with Crippen molar-refractivity contribution in [2.45, 2.75) is 19.4 Å². The molecule has 1 aromatic carbocycles. The molecule has 0 bridgehead atoms. The largest absolute Gasteiger partial charge is 0.454 e. The molecule has 0 aliphatic carbocycles. The lowest BCUT2D eigenvalue weighted by Crippen LogP contribution is -2.23. The van der Waals surface area contributed by atoms with Gasteiger partial charge in [-0.1, -0.05) is 6.07 Å². The summed E-state index contributed by atoms with van der Waals surface area (Å²) < 4.78 is 53.7. The van der Waals surface area contributed by atoms with E-state index in [2.05, 4.69) is 0 Å². The van der Waals surface area contributed by atoms with Crippen LogP contribution in [0.25, 0.3) is 0 Å². The zero-order valence-corrected chi connectivity index (χ0v) is 7.78. The molecular formula is C11H15NO2. The second-order valence-electron chi connectivity index (χ2n) is 3.25. The van der Waals surface area contributed by atoms with E-state index >= 15 is 0 Å². The van der Waals surface area contributed by atoms with Crippen LogP contribution in [-0.4, -0.2) is 19.8 Å². The van der Waals surface area contributed by atoms with Crippen molar-refractivity contribution in [2.75, 3.05) is 13.7 Å². The fraction of sp³-hybridized carbons (Fsp3) is 0.455. The summed E-state index contributed by atoms with van der Waals surface area (Å²) in [5.41, 5.74) is 0.749. The maximum absolute atomic E-state index is 7.55. The number of likely N-dealkylation sites (N-methyl/N-ethyl adjacent to an activating group) is 1. The third-order valence-corrected chi connectivity index (χ3v) is 2.06. The monoisotopic (exact) mass is 199 g/mol. The van der Waals surface area contributed by atoms with Crippen molar-refractivity contribution >= 4 is 0 Å². The Balaban J connectivity index is 2.09. The second kappa shape index (κ2) is 3.88. The van der Waals surface area contributed by atoms with Gasteiger partial charge in [0.2, 0.25) is 6.75 Å². The molecule has 3 heteroatoms. The first-order valence-corrected chi connectivity index (χ1v) is 4.38. The summed E-state index contributed by atoms with van der Waals surface area (Å²) in [6.45, 7) is -3.00. The number of hydrogen-bond acceptors (Lipinski definition) is 3. The summed E-state index contributed by atoms with van der Waals surface area (Å²) in [6, 6.07) is 4.36. The van der Waals surface area contributed by atoms with Crippen molar-refractivity contribution < 1.29 is 17.7 Å². The van der Waals surface area contributed by atoms with Gasteiger partial charge in [-0.3, -0.25) is 0 Å². The second-order valence-corrected chi connectivity index (χ2v) is 3.25. The minimum absolute atomic E-state index is 0.283. The van der Waals surface area contributed by atoms with Crippen LogP contribution in [0.15, 0.2) is 18.2 Å². The summed E-state index contributed by atoms with van der Waals surface area (Å²) in [5.74, 6) is 0.593. The Bertz CT molecular complexity index is 504. The van der Waals surface area contributed by atoms with Crippen LogP contribution in [0.1, 0.15) is 19.3 Å². The zero-order chi connectivity index (χ0) is 15.1. The Kier molecular flexibility index (Phi) is 1.26. The fourth-order valence-corrected chi connectivity index (χ4v) is 1.34.